The molecular weight excluding hydrogens is 322 g/mol. The summed E-state index contributed by atoms with van der Waals surface area (Å²) in [5.41, 5.74) is 0.398. The molecule has 2 aliphatic heterocycles. The zero-order chi connectivity index (χ0) is 17.1. The summed E-state index contributed by atoms with van der Waals surface area (Å²) in [6, 6.07) is 0.0722. The van der Waals surface area contributed by atoms with Crippen LogP contribution in [0.5, 0.6) is 0 Å². The van der Waals surface area contributed by atoms with Gasteiger partial charge in [-0.1, -0.05) is 0 Å². The van der Waals surface area contributed by atoms with Crippen molar-refractivity contribution in [3.8, 4) is 0 Å². The van der Waals surface area contributed by atoms with Gasteiger partial charge in [-0.05, 0) is 31.6 Å². The molecule has 0 bridgehead atoms. The molecule has 1 aliphatic carbocycles. The fourth-order valence-corrected chi connectivity index (χ4v) is 4.08. The van der Waals surface area contributed by atoms with Gasteiger partial charge in [-0.25, -0.2) is 4.98 Å². The topological polar surface area (TPSA) is 73.8 Å². The smallest absolute Gasteiger partial charge is 0.274 e. The fraction of sp³-hybridized carbons (Fsp3) is 0.722. The highest BCUT2D eigenvalue weighted by Crippen LogP contribution is 2.33. The number of carbonyl (C=O) groups is 1. The molecular formula is C18H25N3O4. The van der Waals surface area contributed by atoms with E-state index in [0.717, 1.165) is 45.5 Å². The first-order chi connectivity index (χ1) is 12.3. The molecule has 136 valence electrons. The van der Waals surface area contributed by atoms with Crippen LogP contribution in [0.1, 0.15) is 36.2 Å². The van der Waals surface area contributed by atoms with Crippen molar-refractivity contribution in [3.05, 3.63) is 24.3 Å². The lowest BCUT2D eigenvalue weighted by Gasteiger charge is -2.39. The van der Waals surface area contributed by atoms with Crippen molar-refractivity contribution >= 4 is 5.91 Å². The third-order valence-electron chi connectivity index (χ3n) is 5.47. The molecule has 7 heteroatoms. The van der Waals surface area contributed by atoms with Crippen LogP contribution in [0.4, 0.5) is 0 Å². The number of carbonyl (C=O) groups excluding carboxylic acids is 1. The SMILES string of the molecule is O=C(c1cnccn1)N1CCO[C@H]2[C@H](OCC3CCOCC3)CC[C@@H]21. The summed E-state index contributed by atoms with van der Waals surface area (Å²) in [6.07, 6.45) is 8.69. The molecule has 4 rings (SSSR count). The van der Waals surface area contributed by atoms with Crippen LogP contribution in [-0.2, 0) is 14.2 Å². The maximum atomic E-state index is 12.8. The van der Waals surface area contributed by atoms with Gasteiger partial charge in [-0.15, -0.1) is 0 Å². The van der Waals surface area contributed by atoms with Crippen LogP contribution in [0.3, 0.4) is 0 Å². The third-order valence-corrected chi connectivity index (χ3v) is 5.47. The van der Waals surface area contributed by atoms with Gasteiger partial charge < -0.3 is 19.1 Å². The van der Waals surface area contributed by atoms with E-state index in [0.29, 0.717) is 24.8 Å². The van der Waals surface area contributed by atoms with E-state index < -0.39 is 0 Å². The highest BCUT2D eigenvalue weighted by molar-refractivity contribution is 5.92. The van der Waals surface area contributed by atoms with Crippen LogP contribution in [0, 0.1) is 5.92 Å². The van der Waals surface area contributed by atoms with Gasteiger partial charge in [-0.2, -0.15) is 0 Å². The van der Waals surface area contributed by atoms with E-state index in [1.807, 2.05) is 4.90 Å². The minimum Gasteiger partial charge on any atom is -0.381 e. The summed E-state index contributed by atoms with van der Waals surface area (Å²) in [5.74, 6) is 0.519. The number of aromatic nitrogens is 2. The molecule has 0 aromatic carbocycles. The number of nitrogens with zero attached hydrogens (tertiary/aromatic N) is 3. The predicted octanol–water partition coefficient (Wildman–Crippen LogP) is 1.29. The van der Waals surface area contributed by atoms with E-state index in [2.05, 4.69) is 9.97 Å². The number of hydrogen-bond acceptors (Lipinski definition) is 6. The van der Waals surface area contributed by atoms with E-state index in [-0.39, 0.29) is 24.2 Å². The lowest BCUT2D eigenvalue weighted by Crippen LogP contribution is -2.54. The molecule has 0 spiro atoms. The molecule has 0 radical (unpaired) electrons. The molecule has 1 aromatic rings. The second-order valence-corrected chi connectivity index (χ2v) is 7.00. The molecule has 3 fully saturated rings. The Labute approximate surface area is 147 Å². The van der Waals surface area contributed by atoms with Crippen molar-refractivity contribution in [2.24, 2.45) is 5.92 Å². The number of fused-ring (bicyclic) bond motifs is 1. The van der Waals surface area contributed by atoms with Crippen LogP contribution < -0.4 is 0 Å². The second kappa shape index (κ2) is 7.76. The first-order valence-corrected chi connectivity index (χ1v) is 9.21. The van der Waals surface area contributed by atoms with Gasteiger partial charge in [0, 0.05) is 32.2 Å². The van der Waals surface area contributed by atoms with Crippen molar-refractivity contribution < 1.29 is 19.0 Å². The highest BCUT2D eigenvalue weighted by atomic mass is 16.5. The van der Waals surface area contributed by atoms with E-state index in [1.54, 1.807) is 12.4 Å². The summed E-state index contributed by atoms with van der Waals surface area (Å²) in [6.45, 7) is 3.58. The number of amides is 1. The Morgan fingerprint density at radius 3 is 2.88 bits per heavy atom. The molecule has 3 atom stereocenters. The molecule has 1 saturated carbocycles. The molecule has 3 aliphatic rings. The summed E-state index contributed by atoms with van der Waals surface area (Å²) in [5, 5.41) is 0. The number of ether oxygens (including phenoxy) is 3. The van der Waals surface area contributed by atoms with Crippen LogP contribution in [0.2, 0.25) is 0 Å². The van der Waals surface area contributed by atoms with Crippen molar-refractivity contribution in [2.75, 3.05) is 33.0 Å². The summed E-state index contributed by atoms with van der Waals surface area (Å²) < 4.78 is 17.6. The molecule has 1 amide bonds. The molecule has 1 aromatic heterocycles. The maximum absolute atomic E-state index is 12.8. The normalized spacial score (nSPS) is 30.2. The van der Waals surface area contributed by atoms with Crippen LogP contribution in [-0.4, -0.2) is 72.0 Å². The van der Waals surface area contributed by atoms with Gasteiger partial charge in [0.1, 0.15) is 11.8 Å². The van der Waals surface area contributed by atoms with E-state index in [9.17, 15) is 4.79 Å². The van der Waals surface area contributed by atoms with Crippen LogP contribution in [0.15, 0.2) is 18.6 Å². The molecule has 0 unspecified atom stereocenters. The van der Waals surface area contributed by atoms with Gasteiger partial charge in [0.05, 0.1) is 31.6 Å². The van der Waals surface area contributed by atoms with Gasteiger partial charge >= 0.3 is 0 Å². The minimum atomic E-state index is -0.0588. The molecule has 25 heavy (non-hydrogen) atoms. The monoisotopic (exact) mass is 347 g/mol. The van der Waals surface area contributed by atoms with Crippen LogP contribution >= 0.6 is 0 Å². The van der Waals surface area contributed by atoms with Crippen molar-refractivity contribution in [1.29, 1.82) is 0 Å². The Hall–Kier alpha value is -1.57. The Morgan fingerprint density at radius 1 is 1.20 bits per heavy atom. The third kappa shape index (κ3) is 3.68. The average Bonchev–Trinajstić information content (AvgIpc) is 3.10. The zero-order valence-electron chi connectivity index (χ0n) is 14.4. The Bertz CT molecular complexity index is 579. The molecule has 0 N–H and O–H groups in total. The first kappa shape index (κ1) is 16.9. The number of hydrogen-bond donors (Lipinski definition) is 0. The van der Waals surface area contributed by atoms with Crippen molar-refractivity contribution in [3.63, 3.8) is 0 Å². The molecule has 3 heterocycles. The first-order valence-electron chi connectivity index (χ1n) is 9.21. The van der Waals surface area contributed by atoms with Crippen molar-refractivity contribution in [2.45, 2.75) is 43.9 Å². The van der Waals surface area contributed by atoms with E-state index in [1.165, 1.54) is 6.20 Å². The van der Waals surface area contributed by atoms with E-state index in [4.69, 9.17) is 14.2 Å². The van der Waals surface area contributed by atoms with Crippen LogP contribution in [0.25, 0.3) is 0 Å². The fourth-order valence-electron chi connectivity index (χ4n) is 4.08. The lowest BCUT2D eigenvalue weighted by atomic mass is 10.0. The Kier molecular flexibility index (Phi) is 5.24. The highest BCUT2D eigenvalue weighted by Gasteiger charge is 2.45. The molecule has 7 nitrogen and oxygen atoms in total. The molecule has 2 saturated heterocycles. The zero-order valence-corrected chi connectivity index (χ0v) is 14.4. The lowest BCUT2D eigenvalue weighted by molar-refractivity contribution is -0.113. The largest absolute Gasteiger partial charge is 0.381 e. The minimum absolute atomic E-state index is 0.0331. The quantitative estimate of drug-likeness (QED) is 0.817. The van der Waals surface area contributed by atoms with Gasteiger partial charge in [0.2, 0.25) is 0 Å². The standard InChI is InChI=1S/C18H25N3O4/c22-18(14-11-19-5-6-20-14)21-7-10-24-17-15(21)1-2-16(17)25-12-13-3-8-23-9-4-13/h5-6,11,13,15-17H,1-4,7-10,12H2/t15-,16+,17+/m0/s1. The Balaban J connectivity index is 1.37. The maximum Gasteiger partial charge on any atom is 0.274 e. The van der Waals surface area contributed by atoms with Gasteiger partial charge in [0.25, 0.3) is 5.91 Å². The number of morpholine rings is 1. The number of rotatable bonds is 4. The predicted molar refractivity (Wildman–Crippen MR) is 89.1 cm³/mol. The summed E-state index contributed by atoms with van der Waals surface area (Å²) >= 11 is 0. The van der Waals surface area contributed by atoms with Gasteiger partial charge in [-0.3, -0.25) is 9.78 Å². The second-order valence-electron chi connectivity index (χ2n) is 7.00. The van der Waals surface area contributed by atoms with Crippen molar-refractivity contribution in [1.82, 2.24) is 14.9 Å². The average molecular weight is 347 g/mol. The summed E-state index contributed by atoms with van der Waals surface area (Å²) in [7, 11) is 0. The van der Waals surface area contributed by atoms with Gasteiger partial charge in [0.15, 0.2) is 0 Å². The summed E-state index contributed by atoms with van der Waals surface area (Å²) in [4.78, 5) is 22.8. The van der Waals surface area contributed by atoms with E-state index >= 15 is 0 Å². The Morgan fingerprint density at radius 2 is 2.08 bits per heavy atom.